The molecule has 0 spiro atoms. The lowest BCUT2D eigenvalue weighted by Gasteiger charge is -2.30. The first-order chi connectivity index (χ1) is 9.45. The average molecular weight is 315 g/mol. The number of piperidine rings is 1. The fourth-order valence-electron chi connectivity index (χ4n) is 2.25. The van der Waals surface area contributed by atoms with Gasteiger partial charge in [0.05, 0.1) is 16.7 Å². The van der Waals surface area contributed by atoms with Crippen LogP contribution in [0.15, 0.2) is 4.90 Å². The lowest BCUT2D eigenvalue weighted by atomic mass is 10.1. The first-order valence-corrected chi connectivity index (χ1v) is 8.60. The van der Waals surface area contributed by atoms with Crippen LogP contribution in [0, 0.1) is 0 Å². The molecule has 0 saturated carbocycles. The highest BCUT2D eigenvalue weighted by molar-refractivity contribution is 7.99. The van der Waals surface area contributed by atoms with Crippen molar-refractivity contribution in [3.63, 3.8) is 0 Å². The molecule has 1 fully saturated rings. The van der Waals surface area contributed by atoms with Crippen LogP contribution < -0.4 is 10.6 Å². The Kier molecular flexibility index (Phi) is 4.82. The summed E-state index contributed by atoms with van der Waals surface area (Å²) in [7, 11) is 3.47. The summed E-state index contributed by atoms with van der Waals surface area (Å²) in [6, 6.07) is 0. The number of nitrogen functional groups attached to an aromatic ring is 1. The number of amides is 1. The number of rotatable bonds is 3. The van der Waals surface area contributed by atoms with Gasteiger partial charge in [0.1, 0.15) is 9.88 Å². The van der Waals surface area contributed by atoms with Gasteiger partial charge < -0.3 is 20.6 Å². The minimum Gasteiger partial charge on any atom is -0.396 e. The first-order valence-electron chi connectivity index (χ1n) is 6.56. The fraction of sp³-hybridized carbons (Fsp3) is 0.615. The van der Waals surface area contributed by atoms with Crippen molar-refractivity contribution in [3.05, 3.63) is 4.88 Å². The zero-order valence-electron chi connectivity index (χ0n) is 12.0. The van der Waals surface area contributed by atoms with Crippen LogP contribution in [0.5, 0.6) is 0 Å². The maximum absolute atomic E-state index is 12.2. The van der Waals surface area contributed by atoms with Crippen LogP contribution in [0.2, 0.25) is 0 Å². The van der Waals surface area contributed by atoms with Crippen molar-refractivity contribution in [1.29, 1.82) is 0 Å². The molecular formula is C13H21N3O2S2. The largest absolute Gasteiger partial charge is 0.396 e. The Balaban J connectivity index is 2.33. The standard InChI is InChI=1S/C13H21N3O2S2/c1-15(2)12(18)10-9(14)11(19-3)13(20-10)16-6-4-8(17)5-7-16/h8,17H,4-7,14H2,1-3H3. The molecule has 7 heteroatoms. The van der Waals surface area contributed by atoms with Crippen molar-refractivity contribution in [2.24, 2.45) is 0 Å². The predicted molar refractivity (Wildman–Crippen MR) is 86.0 cm³/mol. The molecule has 0 aliphatic carbocycles. The molecule has 2 rings (SSSR count). The lowest BCUT2D eigenvalue weighted by molar-refractivity contribution is 0.0833. The number of hydrogen-bond acceptors (Lipinski definition) is 6. The average Bonchev–Trinajstić information content (AvgIpc) is 2.75. The Morgan fingerprint density at radius 3 is 2.55 bits per heavy atom. The first kappa shape index (κ1) is 15.5. The summed E-state index contributed by atoms with van der Waals surface area (Å²) in [6.45, 7) is 1.62. The van der Waals surface area contributed by atoms with Crippen LogP contribution in [0.1, 0.15) is 22.5 Å². The van der Waals surface area contributed by atoms with Gasteiger partial charge in [0.2, 0.25) is 0 Å². The monoisotopic (exact) mass is 315 g/mol. The van der Waals surface area contributed by atoms with E-state index in [-0.39, 0.29) is 12.0 Å². The summed E-state index contributed by atoms with van der Waals surface area (Å²) >= 11 is 3.04. The number of aliphatic hydroxyl groups excluding tert-OH is 1. The number of anilines is 2. The van der Waals surface area contributed by atoms with Crippen LogP contribution in [-0.4, -0.2) is 55.5 Å². The molecule has 1 aromatic rings. The molecule has 0 radical (unpaired) electrons. The highest BCUT2D eigenvalue weighted by atomic mass is 32.2. The zero-order chi connectivity index (χ0) is 14.9. The number of nitrogens with two attached hydrogens (primary N) is 1. The Hall–Kier alpha value is -0.920. The predicted octanol–water partition coefficient (Wildman–Crippen LogP) is 1.72. The molecule has 1 aliphatic heterocycles. The van der Waals surface area contributed by atoms with E-state index in [4.69, 9.17) is 5.73 Å². The number of aliphatic hydroxyl groups is 1. The van der Waals surface area contributed by atoms with Gasteiger partial charge in [0.25, 0.3) is 5.91 Å². The van der Waals surface area contributed by atoms with Crippen LogP contribution in [0.3, 0.4) is 0 Å². The van der Waals surface area contributed by atoms with Gasteiger partial charge in [-0.2, -0.15) is 0 Å². The van der Waals surface area contributed by atoms with E-state index in [0.717, 1.165) is 35.8 Å². The van der Waals surface area contributed by atoms with Gasteiger partial charge in [-0.05, 0) is 19.1 Å². The molecule has 2 heterocycles. The normalized spacial score (nSPS) is 16.5. The summed E-state index contributed by atoms with van der Waals surface area (Å²) in [5.41, 5.74) is 6.74. The van der Waals surface area contributed by atoms with Gasteiger partial charge in [0, 0.05) is 27.2 Å². The van der Waals surface area contributed by atoms with E-state index in [1.54, 1.807) is 30.8 Å². The highest BCUT2D eigenvalue weighted by Crippen LogP contribution is 2.44. The molecule has 112 valence electrons. The van der Waals surface area contributed by atoms with Crippen molar-refractivity contribution >= 4 is 39.7 Å². The van der Waals surface area contributed by atoms with E-state index in [9.17, 15) is 9.90 Å². The quantitative estimate of drug-likeness (QED) is 0.831. The summed E-state index contributed by atoms with van der Waals surface area (Å²) in [4.78, 5) is 17.5. The number of carbonyl (C=O) groups excluding carboxylic acids is 1. The van der Waals surface area contributed by atoms with Gasteiger partial charge in [-0.25, -0.2) is 0 Å². The van der Waals surface area contributed by atoms with Crippen molar-refractivity contribution in [2.45, 2.75) is 23.8 Å². The number of thioether (sulfide) groups is 1. The second-order valence-electron chi connectivity index (χ2n) is 5.10. The van der Waals surface area contributed by atoms with E-state index in [0.29, 0.717) is 10.6 Å². The highest BCUT2D eigenvalue weighted by Gasteiger charge is 2.27. The van der Waals surface area contributed by atoms with Crippen molar-refractivity contribution in [1.82, 2.24) is 4.90 Å². The van der Waals surface area contributed by atoms with Crippen molar-refractivity contribution in [3.8, 4) is 0 Å². The van der Waals surface area contributed by atoms with Gasteiger partial charge in [0.15, 0.2) is 0 Å². The zero-order valence-corrected chi connectivity index (χ0v) is 13.7. The molecule has 0 atom stereocenters. The van der Waals surface area contributed by atoms with E-state index in [2.05, 4.69) is 4.90 Å². The van der Waals surface area contributed by atoms with Crippen molar-refractivity contribution in [2.75, 3.05) is 44.1 Å². The summed E-state index contributed by atoms with van der Waals surface area (Å²) < 4.78 is 0. The number of carbonyl (C=O) groups is 1. The molecule has 5 nitrogen and oxygen atoms in total. The Bertz CT molecular complexity index is 494. The van der Waals surface area contributed by atoms with Crippen LogP contribution in [0.4, 0.5) is 10.7 Å². The number of thiophene rings is 1. The third-order valence-corrected chi connectivity index (χ3v) is 5.64. The molecule has 1 aromatic heterocycles. The Labute approximate surface area is 127 Å². The molecule has 20 heavy (non-hydrogen) atoms. The third-order valence-electron chi connectivity index (χ3n) is 3.44. The Morgan fingerprint density at radius 1 is 1.45 bits per heavy atom. The van der Waals surface area contributed by atoms with Crippen LogP contribution in [0.25, 0.3) is 0 Å². The topological polar surface area (TPSA) is 69.8 Å². The van der Waals surface area contributed by atoms with Gasteiger partial charge in [-0.1, -0.05) is 0 Å². The maximum atomic E-state index is 12.2. The second-order valence-corrected chi connectivity index (χ2v) is 6.92. The van der Waals surface area contributed by atoms with E-state index in [1.807, 2.05) is 6.26 Å². The van der Waals surface area contributed by atoms with E-state index >= 15 is 0 Å². The maximum Gasteiger partial charge on any atom is 0.265 e. The van der Waals surface area contributed by atoms with Crippen molar-refractivity contribution < 1.29 is 9.90 Å². The van der Waals surface area contributed by atoms with Crippen LogP contribution >= 0.6 is 23.1 Å². The lowest BCUT2D eigenvalue weighted by Crippen LogP contribution is -2.35. The Morgan fingerprint density at radius 2 is 2.05 bits per heavy atom. The third kappa shape index (κ3) is 2.89. The molecule has 3 N–H and O–H groups in total. The molecule has 0 unspecified atom stereocenters. The minimum absolute atomic E-state index is 0.0499. The van der Waals surface area contributed by atoms with E-state index in [1.165, 1.54) is 11.3 Å². The second kappa shape index (κ2) is 6.24. The molecular weight excluding hydrogens is 294 g/mol. The van der Waals surface area contributed by atoms with Gasteiger partial charge in [-0.15, -0.1) is 23.1 Å². The fourth-order valence-corrected chi connectivity index (χ4v) is 4.51. The minimum atomic E-state index is -0.204. The number of hydrogen-bond donors (Lipinski definition) is 2. The summed E-state index contributed by atoms with van der Waals surface area (Å²) in [5.74, 6) is -0.0499. The summed E-state index contributed by atoms with van der Waals surface area (Å²) in [5, 5.41) is 10.7. The molecule has 0 aromatic carbocycles. The van der Waals surface area contributed by atoms with E-state index < -0.39 is 0 Å². The smallest absolute Gasteiger partial charge is 0.265 e. The van der Waals surface area contributed by atoms with Crippen LogP contribution in [-0.2, 0) is 0 Å². The SMILES string of the molecule is CSc1c(N2CCC(O)CC2)sc(C(=O)N(C)C)c1N. The number of nitrogens with zero attached hydrogens (tertiary/aromatic N) is 2. The van der Waals surface area contributed by atoms with Gasteiger partial charge >= 0.3 is 0 Å². The summed E-state index contributed by atoms with van der Waals surface area (Å²) in [6.07, 6.45) is 3.31. The van der Waals surface area contributed by atoms with Gasteiger partial charge in [-0.3, -0.25) is 4.79 Å². The molecule has 1 amide bonds. The molecule has 0 bridgehead atoms. The molecule has 1 aliphatic rings. The molecule has 1 saturated heterocycles.